The summed E-state index contributed by atoms with van der Waals surface area (Å²) in [6, 6.07) is 6.00. The van der Waals surface area contributed by atoms with Gasteiger partial charge in [0.1, 0.15) is 6.61 Å². The van der Waals surface area contributed by atoms with Gasteiger partial charge in [0.2, 0.25) is 0 Å². The third-order valence-electron chi connectivity index (χ3n) is 6.22. The van der Waals surface area contributed by atoms with Gasteiger partial charge in [-0.15, -0.1) is 6.58 Å². The van der Waals surface area contributed by atoms with Crippen molar-refractivity contribution in [1.82, 2.24) is 4.90 Å². The number of ether oxygens (including phenoxy) is 3. The van der Waals surface area contributed by atoms with Crippen molar-refractivity contribution in [2.45, 2.75) is 73.6 Å². The van der Waals surface area contributed by atoms with Crippen LogP contribution in [0, 0.1) is 0 Å². The molecule has 0 N–H and O–H groups in total. The van der Waals surface area contributed by atoms with Crippen molar-refractivity contribution in [2.24, 2.45) is 0 Å². The third kappa shape index (κ3) is 16.3. The minimum atomic E-state index is 0.490. The first kappa shape index (κ1) is 33.5. The van der Waals surface area contributed by atoms with Crippen LogP contribution in [-0.2, 0) is 11.2 Å². The Labute approximate surface area is 233 Å². The second kappa shape index (κ2) is 20.4. The van der Waals surface area contributed by atoms with Crippen molar-refractivity contribution in [2.75, 3.05) is 46.6 Å². The summed E-state index contributed by atoms with van der Waals surface area (Å²) in [6.45, 7) is 21.4. The molecule has 0 saturated carbocycles. The number of rotatable bonds is 20. The number of nitrogens with zero attached hydrogens (tertiary/aromatic N) is 1. The zero-order valence-corrected chi connectivity index (χ0v) is 25.3. The van der Waals surface area contributed by atoms with Gasteiger partial charge in [0.25, 0.3) is 0 Å². The molecule has 4 heteroatoms. The molecular weight excluding hydrogens is 470 g/mol. The number of methoxy groups -OCH3 is 1. The van der Waals surface area contributed by atoms with Crippen molar-refractivity contribution < 1.29 is 14.2 Å². The fraction of sp³-hybridized carbons (Fsp3) is 0.529. The second-order valence-corrected chi connectivity index (χ2v) is 10.4. The Morgan fingerprint density at radius 1 is 0.789 bits per heavy atom. The van der Waals surface area contributed by atoms with Gasteiger partial charge < -0.3 is 14.2 Å². The number of hydrogen-bond donors (Lipinski definition) is 0. The van der Waals surface area contributed by atoms with Crippen LogP contribution in [0.25, 0.3) is 0 Å². The molecule has 0 aromatic heterocycles. The maximum absolute atomic E-state index is 5.94. The highest BCUT2D eigenvalue weighted by molar-refractivity contribution is 5.43. The van der Waals surface area contributed by atoms with Crippen LogP contribution in [0.15, 0.2) is 77.5 Å². The average Bonchev–Trinajstić information content (AvgIpc) is 2.87. The molecule has 1 aromatic carbocycles. The lowest BCUT2D eigenvalue weighted by Crippen LogP contribution is -2.29. The van der Waals surface area contributed by atoms with Gasteiger partial charge in [-0.25, -0.2) is 0 Å². The van der Waals surface area contributed by atoms with Gasteiger partial charge in [-0.05, 0) is 91.3 Å². The molecule has 0 radical (unpaired) electrons. The number of hydrogen-bond acceptors (Lipinski definition) is 4. The van der Waals surface area contributed by atoms with E-state index in [1.165, 1.54) is 22.3 Å². The van der Waals surface area contributed by atoms with Gasteiger partial charge in [0.15, 0.2) is 11.5 Å². The number of benzene rings is 1. The number of allylic oxidation sites excluding steroid dienone is 7. The minimum absolute atomic E-state index is 0.490. The average molecular weight is 524 g/mol. The van der Waals surface area contributed by atoms with Gasteiger partial charge in [0.05, 0.1) is 20.3 Å². The molecule has 0 saturated heterocycles. The fourth-order valence-corrected chi connectivity index (χ4v) is 3.84. The molecule has 38 heavy (non-hydrogen) atoms. The standard InChI is InChI=1S/C34H53NO3/c1-9-12-32-17-18-33(34(27-32)36-8)38-26-25-37-24-23-35(21-19-30(6)15-10-13-28(2)3)22-20-31(7)16-11-14-29(4)5/h9,13-14,17-20,27H,1,10-12,15-16,21-26H2,2-8H3. The molecule has 4 nitrogen and oxygen atoms in total. The second-order valence-electron chi connectivity index (χ2n) is 10.4. The summed E-state index contributed by atoms with van der Waals surface area (Å²) in [5.74, 6) is 1.49. The molecule has 0 fully saturated rings. The van der Waals surface area contributed by atoms with E-state index in [1.807, 2.05) is 24.3 Å². The van der Waals surface area contributed by atoms with E-state index in [0.29, 0.717) is 19.8 Å². The smallest absolute Gasteiger partial charge is 0.161 e. The van der Waals surface area contributed by atoms with Crippen LogP contribution in [0.3, 0.4) is 0 Å². The van der Waals surface area contributed by atoms with E-state index in [2.05, 4.69) is 77.3 Å². The van der Waals surface area contributed by atoms with Crippen molar-refractivity contribution >= 4 is 0 Å². The van der Waals surface area contributed by atoms with Gasteiger partial charge in [-0.2, -0.15) is 0 Å². The molecule has 0 unspecified atom stereocenters. The highest BCUT2D eigenvalue weighted by atomic mass is 16.5. The maximum Gasteiger partial charge on any atom is 0.161 e. The first-order chi connectivity index (χ1) is 18.2. The van der Waals surface area contributed by atoms with Crippen LogP contribution >= 0.6 is 0 Å². The van der Waals surface area contributed by atoms with Crippen molar-refractivity contribution in [3.8, 4) is 11.5 Å². The molecular formula is C34H53NO3. The van der Waals surface area contributed by atoms with E-state index < -0.39 is 0 Å². The Bertz CT molecular complexity index is 891. The first-order valence-corrected chi connectivity index (χ1v) is 14.0. The zero-order chi connectivity index (χ0) is 28.2. The van der Waals surface area contributed by atoms with Gasteiger partial charge in [0, 0.05) is 19.6 Å². The molecule has 0 amide bonds. The van der Waals surface area contributed by atoms with Crippen LogP contribution in [-0.4, -0.2) is 51.5 Å². The predicted octanol–water partition coefficient (Wildman–Crippen LogP) is 8.51. The lowest BCUT2D eigenvalue weighted by atomic mass is 10.1. The molecule has 0 spiro atoms. The molecule has 0 aliphatic heterocycles. The van der Waals surface area contributed by atoms with Gasteiger partial charge in [-0.3, -0.25) is 4.90 Å². The minimum Gasteiger partial charge on any atom is -0.493 e. The monoisotopic (exact) mass is 523 g/mol. The molecule has 1 aromatic rings. The Morgan fingerprint density at radius 3 is 1.92 bits per heavy atom. The zero-order valence-electron chi connectivity index (χ0n) is 25.3. The molecule has 0 aliphatic rings. The van der Waals surface area contributed by atoms with Crippen molar-refractivity contribution in [1.29, 1.82) is 0 Å². The molecule has 0 bridgehead atoms. The Hall–Kier alpha value is -2.56. The van der Waals surface area contributed by atoms with Crippen molar-refractivity contribution in [3.63, 3.8) is 0 Å². The van der Waals surface area contributed by atoms with Crippen LogP contribution < -0.4 is 9.47 Å². The summed E-state index contributed by atoms with van der Waals surface area (Å²) in [7, 11) is 1.67. The van der Waals surface area contributed by atoms with E-state index in [9.17, 15) is 0 Å². The highest BCUT2D eigenvalue weighted by Gasteiger charge is 2.06. The van der Waals surface area contributed by atoms with Crippen LogP contribution in [0.1, 0.15) is 72.8 Å². The Morgan fingerprint density at radius 2 is 1.39 bits per heavy atom. The van der Waals surface area contributed by atoms with E-state index in [1.54, 1.807) is 7.11 Å². The van der Waals surface area contributed by atoms with Crippen LogP contribution in [0.5, 0.6) is 11.5 Å². The summed E-state index contributed by atoms with van der Waals surface area (Å²) in [5, 5.41) is 0. The maximum atomic E-state index is 5.94. The summed E-state index contributed by atoms with van der Waals surface area (Å²) in [4.78, 5) is 2.46. The topological polar surface area (TPSA) is 30.9 Å². The predicted molar refractivity (Wildman–Crippen MR) is 164 cm³/mol. The molecule has 0 heterocycles. The lowest BCUT2D eigenvalue weighted by molar-refractivity contribution is 0.0834. The largest absolute Gasteiger partial charge is 0.493 e. The van der Waals surface area contributed by atoms with Crippen LogP contribution in [0.4, 0.5) is 0 Å². The molecule has 0 atom stereocenters. The molecule has 1 rings (SSSR count). The normalized spacial score (nSPS) is 11.9. The first-order valence-electron chi connectivity index (χ1n) is 14.0. The molecule has 212 valence electrons. The third-order valence-corrected chi connectivity index (χ3v) is 6.22. The van der Waals surface area contributed by atoms with Gasteiger partial charge in [-0.1, -0.05) is 58.7 Å². The van der Waals surface area contributed by atoms with E-state index in [4.69, 9.17) is 14.2 Å². The van der Waals surface area contributed by atoms with E-state index >= 15 is 0 Å². The van der Waals surface area contributed by atoms with Crippen LogP contribution in [0.2, 0.25) is 0 Å². The van der Waals surface area contributed by atoms with E-state index in [-0.39, 0.29) is 0 Å². The highest BCUT2D eigenvalue weighted by Crippen LogP contribution is 2.28. The Balaban J connectivity index is 2.57. The van der Waals surface area contributed by atoms with E-state index in [0.717, 1.165) is 68.8 Å². The quantitative estimate of drug-likeness (QED) is 0.127. The fourth-order valence-electron chi connectivity index (χ4n) is 3.84. The summed E-state index contributed by atoms with van der Waals surface area (Å²) in [5.41, 5.74) is 6.82. The van der Waals surface area contributed by atoms with Gasteiger partial charge >= 0.3 is 0 Å². The summed E-state index contributed by atoms with van der Waals surface area (Å²) in [6.07, 6.45) is 16.5. The SMILES string of the molecule is C=CCc1ccc(OCCOCCN(CC=C(C)CCC=C(C)C)CC=C(C)CCC=C(C)C)c(OC)c1. The van der Waals surface area contributed by atoms with Crippen molar-refractivity contribution in [3.05, 3.63) is 83.0 Å². The Kier molecular flexibility index (Phi) is 18.0. The molecule has 0 aliphatic carbocycles. The lowest BCUT2D eigenvalue weighted by Gasteiger charge is -2.20. The summed E-state index contributed by atoms with van der Waals surface area (Å²) < 4.78 is 17.3. The summed E-state index contributed by atoms with van der Waals surface area (Å²) >= 11 is 0.